The number of rotatable bonds is 8. The maximum absolute atomic E-state index is 13.5. The lowest BCUT2D eigenvalue weighted by Gasteiger charge is -2.42. The molecule has 10 nitrogen and oxygen atoms in total. The van der Waals surface area contributed by atoms with E-state index in [0.29, 0.717) is 13.1 Å². The van der Waals surface area contributed by atoms with Crippen LogP contribution < -0.4 is 10.4 Å². The molecular weight excluding hydrogens is 620 g/mol. The molecule has 0 aromatic heterocycles. The molecule has 2 aromatic carbocycles. The van der Waals surface area contributed by atoms with Gasteiger partial charge in [0.2, 0.25) is 10.0 Å². The normalized spacial score (nSPS) is 21.6. The van der Waals surface area contributed by atoms with Crippen LogP contribution in [-0.4, -0.2) is 86.6 Å². The van der Waals surface area contributed by atoms with Crippen LogP contribution in [0.5, 0.6) is 0 Å². The lowest BCUT2D eigenvalue weighted by molar-refractivity contribution is -0.199. The molecule has 0 bridgehead atoms. The van der Waals surface area contributed by atoms with E-state index < -0.39 is 45.9 Å². The molecule has 2 aliphatic heterocycles. The van der Waals surface area contributed by atoms with Crippen molar-refractivity contribution in [2.45, 2.75) is 44.8 Å². The number of alkyl halides is 3. The number of halogens is 4. The van der Waals surface area contributed by atoms with Crippen molar-refractivity contribution in [1.82, 2.24) is 14.5 Å². The molecule has 1 N–H and O–H groups in total. The number of hydrogen-bond donors (Lipinski definition) is 1. The maximum Gasteiger partial charge on any atom is 0.493 e. The summed E-state index contributed by atoms with van der Waals surface area (Å²) >= 11 is 0. The van der Waals surface area contributed by atoms with Crippen LogP contribution in [0.4, 0.5) is 28.0 Å². The van der Waals surface area contributed by atoms with Gasteiger partial charge in [0, 0.05) is 43.7 Å². The summed E-state index contributed by atoms with van der Waals surface area (Å²) in [6.45, 7) is 3.15. The van der Waals surface area contributed by atoms with E-state index in [0.717, 1.165) is 43.7 Å². The minimum atomic E-state index is -5.40. The Balaban J connectivity index is 1.53. The maximum atomic E-state index is 13.5. The number of piperidine rings is 2. The molecule has 2 aliphatic rings. The zero-order valence-electron chi connectivity index (χ0n) is 24.9. The first-order valence-electron chi connectivity index (χ1n) is 14.5. The van der Waals surface area contributed by atoms with Gasteiger partial charge in [-0.2, -0.15) is 13.2 Å². The van der Waals surface area contributed by atoms with Gasteiger partial charge in [0.05, 0.1) is 11.9 Å². The fourth-order valence-corrected chi connectivity index (χ4v) is 6.76. The Kier molecular flexibility index (Phi) is 10.9. The Labute approximate surface area is 259 Å². The molecule has 0 saturated carbocycles. The second-order valence-corrected chi connectivity index (χ2v) is 13.6. The van der Waals surface area contributed by atoms with Gasteiger partial charge in [0.25, 0.3) is 0 Å². The van der Waals surface area contributed by atoms with Gasteiger partial charge in [-0.05, 0) is 74.9 Å². The fourth-order valence-electron chi connectivity index (χ4n) is 5.86. The number of sulfonamides is 1. The highest BCUT2D eigenvalue weighted by Crippen LogP contribution is 2.27. The van der Waals surface area contributed by atoms with E-state index in [1.54, 1.807) is 12.1 Å². The van der Waals surface area contributed by atoms with Crippen molar-refractivity contribution in [2.75, 3.05) is 44.0 Å². The number of nitrogens with zero attached hydrogens (tertiary/aromatic N) is 3. The summed E-state index contributed by atoms with van der Waals surface area (Å²) in [5.74, 6) is -3.56. The van der Waals surface area contributed by atoms with Gasteiger partial charge in [0.15, 0.2) is 5.78 Å². The van der Waals surface area contributed by atoms with Crippen LogP contribution in [0.3, 0.4) is 0 Å². The van der Waals surface area contributed by atoms with Crippen LogP contribution in [0, 0.1) is 17.7 Å². The Hall–Kier alpha value is -3.56. The second-order valence-electron chi connectivity index (χ2n) is 11.6. The van der Waals surface area contributed by atoms with Crippen LogP contribution in [-0.2, 0) is 26.1 Å². The molecule has 246 valence electrons. The van der Waals surface area contributed by atoms with Crippen molar-refractivity contribution in [3.05, 3.63) is 65.5 Å². The number of carbonyl (C=O) groups excluding carboxylic acids is 3. The summed E-state index contributed by atoms with van der Waals surface area (Å²) in [5.41, 5.74) is 0.798. The van der Waals surface area contributed by atoms with E-state index >= 15 is 0 Å². The average molecular weight is 657 g/mol. The molecule has 2 fully saturated rings. The summed E-state index contributed by atoms with van der Waals surface area (Å²) in [4.78, 5) is 43.8. The SMILES string of the molecule is CC(=O)c1cccc(N(OC(=O)C(F)(F)F)C(=O)N[C@@H]2CCN(S(C)(=O)=O)C[C@H]2CN2CCC[C@@H](Cc3ccc(F)cc3)C2)c1. The molecule has 0 aliphatic carbocycles. The monoisotopic (exact) mass is 656 g/mol. The first kappa shape index (κ1) is 34.3. The molecule has 2 aromatic rings. The number of nitrogens with one attached hydrogen (secondary N) is 1. The summed E-state index contributed by atoms with van der Waals surface area (Å²) < 4.78 is 79.0. The lowest BCUT2D eigenvalue weighted by atomic mass is 9.88. The highest BCUT2D eigenvalue weighted by Gasteiger charge is 2.44. The standard InChI is InChI=1S/C30H36F4N4O6S/c1-20(39)23-6-3-7-26(16-23)38(44-28(40)30(32,33)34)29(41)35-27-12-14-37(45(2,42)43)19-24(27)18-36-13-4-5-22(17-36)15-21-8-10-25(31)11-9-21/h3,6-11,16,22,24,27H,4-5,12-15,17-19H2,1-2H3,(H,35,41)/t22-,24+,27+/m0/s1. The zero-order chi connectivity index (χ0) is 32.9. The highest BCUT2D eigenvalue weighted by atomic mass is 32.2. The first-order valence-corrected chi connectivity index (χ1v) is 16.4. The molecule has 0 unspecified atom stereocenters. The number of carbonyl (C=O) groups is 3. The van der Waals surface area contributed by atoms with Crippen molar-refractivity contribution in [3.8, 4) is 0 Å². The minimum absolute atomic E-state index is 0.0606. The van der Waals surface area contributed by atoms with Crippen molar-refractivity contribution >= 4 is 33.5 Å². The van der Waals surface area contributed by atoms with Crippen LogP contribution >= 0.6 is 0 Å². The van der Waals surface area contributed by atoms with E-state index in [9.17, 15) is 40.4 Å². The van der Waals surface area contributed by atoms with Crippen LogP contribution in [0.2, 0.25) is 0 Å². The largest absolute Gasteiger partial charge is 0.493 e. The van der Waals surface area contributed by atoms with Crippen LogP contribution in [0.25, 0.3) is 0 Å². The van der Waals surface area contributed by atoms with Crippen molar-refractivity contribution in [2.24, 2.45) is 11.8 Å². The predicted octanol–water partition coefficient (Wildman–Crippen LogP) is 4.17. The predicted molar refractivity (Wildman–Crippen MR) is 157 cm³/mol. The van der Waals surface area contributed by atoms with E-state index in [1.807, 2.05) is 0 Å². The quantitative estimate of drug-likeness (QED) is 0.258. The number of Topliss-reactive ketones (excluding diaryl/α,β-unsaturated/α-hetero) is 1. The number of hydrogen-bond acceptors (Lipinski definition) is 7. The third kappa shape index (κ3) is 9.47. The summed E-state index contributed by atoms with van der Waals surface area (Å²) in [6, 6.07) is 9.53. The number of benzene rings is 2. The Bertz CT molecular complexity index is 1490. The molecule has 2 amide bonds. The Morgan fingerprint density at radius 3 is 2.40 bits per heavy atom. The smallest absolute Gasteiger partial charge is 0.332 e. The number of amides is 2. The number of anilines is 1. The topological polar surface area (TPSA) is 116 Å². The summed E-state index contributed by atoms with van der Waals surface area (Å²) in [7, 11) is -3.58. The van der Waals surface area contributed by atoms with E-state index in [4.69, 9.17) is 0 Å². The lowest BCUT2D eigenvalue weighted by Crippen LogP contribution is -2.58. The summed E-state index contributed by atoms with van der Waals surface area (Å²) in [5, 5.41) is 2.83. The van der Waals surface area contributed by atoms with E-state index in [-0.39, 0.29) is 47.6 Å². The summed E-state index contributed by atoms with van der Waals surface area (Å²) in [6.07, 6.45) is -1.60. The number of ketones is 1. The Morgan fingerprint density at radius 1 is 1.04 bits per heavy atom. The second kappa shape index (κ2) is 14.3. The fraction of sp³-hybridized carbons (Fsp3) is 0.500. The van der Waals surface area contributed by atoms with Gasteiger partial charge >= 0.3 is 18.2 Å². The molecule has 3 atom stereocenters. The van der Waals surface area contributed by atoms with Gasteiger partial charge in [-0.15, -0.1) is 5.06 Å². The molecule has 2 heterocycles. The number of hydroxylamine groups is 1. The number of urea groups is 1. The third-order valence-corrected chi connectivity index (χ3v) is 9.36. The third-order valence-electron chi connectivity index (χ3n) is 8.09. The van der Waals surface area contributed by atoms with Crippen molar-refractivity contribution in [1.29, 1.82) is 0 Å². The molecule has 0 spiro atoms. The van der Waals surface area contributed by atoms with E-state index in [2.05, 4.69) is 15.1 Å². The van der Waals surface area contributed by atoms with Gasteiger partial charge in [-0.1, -0.05) is 24.3 Å². The van der Waals surface area contributed by atoms with Gasteiger partial charge < -0.3 is 15.1 Å². The number of likely N-dealkylation sites (tertiary alicyclic amines) is 1. The minimum Gasteiger partial charge on any atom is -0.332 e. The van der Waals surface area contributed by atoms with Gasteiger partial charge in [-0.25, -0.2) is 26.7 Å². The molecule has 4 rings (SSSR count). The van der Waals surface area contributed by atoms with Gasteiger partial charge in [-0.3, -0.25) is 4.79 Å². The van der Waals surface area contributed by atoms with E-state index in [1.165, 1.54) is 41.6 Å². The first-order chi connectivity index (χ1) is 21.1. The van der Waals surface area contributed by atoms with Gasteiger partial charge in [0.1, 0.15) is 5.82 Å². The van der Waals surface area contributed by atoms with Crippen LogP contribution in [0.15, 0.2) is 48.5 Å². The van der Waals surface area contributed by atoms with Crippen molar-refractivity contribution < 1.29 is 45.2 Å². The van der Waals surface area contributed by atoms with Crippen molar-refractivity contribution in [3.63, 3.8) is 0 Å². The molecule has 2 saturated heterocycles. The van der Waals surface area contributed by atoms with Crippen LogP contribution in [0.1, 0.15) is 42.1 Å². The zero-order valence-corrected chi connectivity index (χ0v) is 25.7. The molecular formula is C30H36F4N4O6S. The molecule has 15 heteroatoms. The molecule has 0 radical (unpaired) electrons. The average Bonchev–Trinajstić information content (AvgIpc) is 2.97. The highest BCUT2D eigenvalue weighted by molar-refractivity contribution is 7.88. The molecule has 45 heavy (non-hydrogen) atoms. The Morgan fingerprint density at radius 2 is 1.76 bits per heavy atom.